The minimum Gasteiger partial charge on any atom is -0.368 e. The topological polar surface area (TPSA) is 66.3 Å². The molecule has 7 nitrogen and oxygen atoms in total. The highest BCUT2D eigenvalue weighted by molar-refractivity contribution is 6.04. The number of hydrogen-bond donors (Lipinski definition) is 1. The summed E-state index contributed by atoms with van der Waals surface area (Å²) in [4.78, 5) is 21.1. The van der Waals surface area contributed by atoms with E-state index in [0.29, 0.717) is 4.68 Å². The molecule has 1 aliphatic rings. The van der Waals surface area contributed by atoms with Crippen molar-refractivity contribution in [2.24, 2.45) is 0 Å². The SMILES string of the molecule is CN1CCN(c2ccc(NC(=O)c3cnn(-c4ccccc4F)c3C(F)(F)F)nc2)CC1. The van der Waals surface area contributed by atoms with Gasteiger partial charge >= 0.3 is 6.18 Å². The van der Waals surface area contributed by atoms with Crippen LogP contribution in [-0.2, 0) is 6.18 Å². The maximum absolute atomic E-state index is 14.1. The first-order valence-corrected chi connectivity index (χ1v) is 9.85. The van der Waals surface area contributed by atoms with E-state index in [1.807, 2.05) is 7.05 Å². The number of pyridine rings is 1. The highest BCUT2D eigenvalue weighted by Gasteiger charge is 2.41. The van der Waals surface area contributed by atoms with E-state index in [9.17, 15) is 22.4 Å². The van der Waals surface area contributed by atoms with Crippen LogP contribution in [0.4, 0.5) is 29.1 Å². The van der Waals surface area contributed by atoms with Crippen molar-refractivity contribution in [2.45, 2.75) is 6.18 Å². The number of amides is 1. The Kier molecular flexibility index (Phi) is 5.83. The number of aromatic nitrogens is 3. The van der Waals surface area contributed by atoms with E-state index < -0.39 is 34.8 Å². The molecule has 3 heterocycles. The Balaban J connectivity index is 1.57. The van der Waals surface area contributed by atoms with Crippen LogP contribution < -0.4 is 10.2 Å². The second kappa shape index (κ2) is 8.58. The molecule has 0 radical (unpaired) electrons. The molecule has 1 N–H and O–H groups in total. The monoisotopic (exact) mass is 448 g/mol. The van der Waals surface area contributed by atoms with Gasteiger partial charge in [-0.25, -0.2) is 14.1 Å². The Morgan fingerprint density at radius 3 is 2.38 bits per heavy atom. The van der Waals surface area contributed by atoms with Gasteiger partial charge in [0.05, 0.1) is 23.6 Å². The number of likely N-dealkylation sites (N-methyl/N-ethyl adjacent to an activating group) is 1. The van der Waals surface area contributed by atoms with E-state index in [2.05, 4.69) is 25.2 Å². The lowest BCUT2D eigenvalue weighted by Gasteiger charge is -2.33. The number of hydrogen-bond acceptors (Lipinski definition) is 5. The fourth-order valence-corrected chi connectivity index (χ4v) is 3.49. The van der Waals surface area contributed by atoms with Crippen LogP contribution in [0.5, 0.6) is 0 Å². The van der Waals surface area contributed by atoms with E-state index in [4.69, 9.17) is 0 Å². The molecule has 0 unspecified atom stereocenters. The van der Waals surface area contributed by atoms with Crippen LogP contribution in [0.2, 0.25) is 0 Å². The molecule has 11 heteroatoms. The zero-order chi connectivity index (χ0) is 22.9. The molecule has 1 fully saturated rings. The Morgan fingerprint density at radius 2 is 1.75 bits per heavy atom. The van der Waals surface area contributed by atoms with Crippen LogP contribution >= 0.6 is 0 Å². The lowest BCUT2D eigenvalue weighted by atomic mass is 10.2. The smallest absolute Gasteiger partial charge is 0.368 e. The van der Waals surface area contributed by atoms with Crippen LogP contribution in [0.3, 0.4) is 0 Å². The van der Waals surface area contributed by atoms with E-state index in [0.717, 1.165) is 50.2 Å². The van der Waals surface area contributed by atoms with E-state index >= 15 is 0 Å². The number of carbonyl (C=O) groups excluding carboxylic acids is 1. The number of carbonyl (C=O) groups is 1. The van der Waals surface area contributed by atoms with Crippen molar-refractivity contribution >= 4 is 17.4 Å². The second-order valence-corrected chi connectivity index (χ2v) is 7.41. The molecular formula is C21H20F4N6O. The number of piperazine rings is 1. The zero-order valence-corrected chi connectivity index (χ0v) is 17.1. The highest BCUT2D eigenvalue weighted by Crippen LogP contribution is 2.34. The normalized spacial score (nSPS) is 15.1. The summed E-state index contributed by atoms with van der Waals surface area (Å²) < 4.78 is 55.7. The molecule has 0 saturated carbocycles. The summed E-state index contributed by atoms with van der Waals surface area (Å²) in [7, 11) is 2.04. The van der Waals surface area contributed by atoms with Crippen molar-refractivity contribution in [1.29, 1.82) is 0 Å². The van der Waals surface area contributed by atoms with Crippen molar-refractivity contribution in [3.8, 4) is 5.69 Å². The Bertz CT molecular complexity index is 1100. The largest absolute Gasteiger partial charge is 0.434 e. The van der Waals surface area contributed by atoms with Gasteiger partial charge in [0.1, 0.15) is 17.3 Å². The summed E-state index contributed by atoms with van der Waals surface area (Å²) in [6.45, 7) is 3.47. The Labute approximate surface area is 181 Å². The molecule has 168 valence electrons. The minimum absolute atomic E-state index is 0.0969. The van der Waals surface area contributed by atoms with E-state index in [-0.39, 0.29) is 5.82 Å². The number of para-hydroxylation sites is 1. The first-order valence-electron chi connectivity index (χ1n) is 9.85. The highest BCUT2D eigenvalue weighted by atomic mass is 19.4. The van der Waals surface area contributed by atoms with Gasteiger partial charge in [0.25, 0.3) is 5.91 Å². The number of anilines is 2. The summed E-state index contributed by atoms with van der Waals surface area (Å²) in [6, 6.07) is 8.18. The first kappa shape index (κ1) is 21.8. The first-order chi connectivity index (χ1) is 15.2. The third-order valence-electron chi connectivity index (χ3n) is 5.22. The number of halogens is 4. The average molecular weight is 448 g/mol. The van der Waals surface area contributed by atoms with E-state index in [1.165, 1.54) is 18.2 Å². The number of nitrogens with zero attached hydrogens (tertiary/aromatic N) is 5. The lowest BCUT2D eigenvalue weighted by molar-refractivity contribution is -0.143. The predicted molar refractivity (Wildman–Crippen MR) is 110 cm³/mol. The number of nitrogens with one attached hydrogen (secondary N) is 1. The van der Waals surface area contributed by atoms with Gasteiger partial charge in [0, 0.05) is 26.2 Å². The summed E-state index contributed by atoms with van der Waals surface area (Å²) in [5, 5.41) is 5.99. The van der Waals surface area contributed by atoms with Crippen LogP contribution in [0.15, 0.2) is 48.8 Å². The van der Waals surface area contributed by atoms with Gasteiger partial charge < -0.3 is 15.1 Å². The maximum Gasteiger partial charge on any atom is 0.434 e. The van der Waals surface area contributed by atoms with Crippen LogP contribution in [0.1, 0.15) is 16.1 Å². The van der Waals surface area contributed by atoms with Crippen LogP contribution in [0, 0.1) is 5.82 Å². The predicted octanol–water partition coefficient (Wildman–Crippen LogP) is 3.43. The molecular weight excluding hydrogens is 428 g/mol. The molecule has 0 aliphatic carbocycles. The molecule has 2 aromatic heterocycles. The maximum atomic E-state index is 14.1. The van der Waals surface area contributed by atoms with Crippen molar-refractivity contribution in [2.75, 3.05) is 43.4 Å². The molecule has 0 bridgehead atoms. The van der Waals surface area contributed by atoms with Crippen molar-refractivity contribution in [1.82, 2.24) is 19.7 Å². The summed E-state index contributed by atoms with van der Waals surface area (Å²) >= 11 is 0. The third kappa shape index (κ3) is 4.42. The van der Waals surface area contributed by atoms with Gasteiger partial charge in [-0.05, 0) is 31.3 Å². The van der Waals surface area contributed by atoms with Crippen molar-refractivity contribution in [3.05, 3.63) is 65.9 Å². The van der Waals surface area contributed by atoms with Crippen molar-refractivity contribution < 1.29 is 22.4 Å². The number of benzene rings is 1. The molecule has 3 aromatic rings. The molecule has 0 spiro atoms. The second-order valence-electron chi connectivity index (χ2n) is 7.41. The average Bonchev–Trinajstić information content (AvgIpc) is 3.21. The summed E-state index contributed by atoms with van der Waals surface area (Å²) in [5.74, 6) is -1.84. The Hall–Kier alpha value is -3.47. The number of rotatable bonds is 4. The third-order valence-corrected chi connectivity index (χ3v) is 5.22. The Morgan fingerprint density at radius 1 is 1.03 bits per heavy atom. The van der Waals surface area contributed by atoms with Gasteiger partial charge in [-0.15, -0.1) is 0 Å². The fraction of sp³-hybridized carbons (Fsp3) is 0.286. The molecule has 1 aromatic carbocycles. The molecule has 32 heavy (non-hydrogen) atoms. The van der Waals surface area contributed by atoms with Crippen LogP contribution in [-0.4, -0.2) is 58.8 Å². The van der Waals surface area contributed by atoms with Gasteiger partial charge in [-0.2, -0.15) is 18.3 Å². The lowest BCUT2D eigenvalue weighted by Crippen LogP contribution is -2.44. The quantitative estimate of drug-likeness (QED) is 0.620. The molecule has 1 saturated heterocycles. The van der Waals surface area contributed by atoms with Gasteiger partial charge in [-0.3, -0.25) is 4.79 Å². The molecule has 1 amide bonds. The zero-order valence-electron chi connectivity index (χ0n) is 17.1. The molecule has 0 atom stereocenters. The fourth-order valence-electron chi connectivity index (χ4n) is 3.49. The van der Waals surface area contributed by atoms with Gasteiger partial charge in [0.2, 0.25) is 0 Å². The van der Waals surface area contributed by atoms with E-state index in [1.54, 1.807) is 12.3 Å². The van der Waals surface area contributed by atoms with Gasteiger partial charge in [-0.1, -0.05) is 12.1 Å². The standard InChI is InChI=1S/C21H20F4N6O/c1-29-8-10-30(11-9-29)14-6-7-18(26-12-14)28-20(32)15-13-27-31(19(15)21(23,24)25)17-5-3-2-4-16(17)22/h2-7,12-13H,8-11H2,1H3,(H,26,28,32). The summed E-state index contributed by atoms with van der Waals surface area (Å²) in [6.07, 6.45) is -2.61. The molecule has 1 aliphatic heterocycles. The minimum atomic E-state index is -4.94. The molecule has 4 rings (SSSR count). The van der Waals surface area contributed by atoms with Crippen LogP contribution in [0.25, 0.3) is 5.69 Å². The van der Waals surface area contributed by atoms with Crippen molar-refractivity contribution in [3.63, 3.8) is 0 Å². The van der Waals surface area contributed by atoms with Gasteiger partial charge in [0.15, 0.2) is 5.69 Å². The summed E-state index contributed by atoms with van der Waals surface area (Å²) in [5.41, 5.74) is -1.65. The number of alkyl halides is 3.